The first kappa shape index (κ1) is 20.2. The molecule has 1 fully saturated rings. The van der Waals surface area contributed by atoms with Crippen LogP contribution in [0.2, 0.25) is 0 Å². The highest BCUT2D eigenvalue weighted by Gasteiger charge is 2.23. The van der Waals surface area contributed by atoms with Gasteiger partial charge in [0, 0.05) is 62.7 Å². The minimum Gasteiger partial charge on any atom is -0.512 e. The summed E-state index contributed by atoms with van der Waals surface area (Å²) in [5.74, 6) is 1.32. The van der Waals surface area contributed by atoms with E-state index in [1.54, 1.807) is 6.92 Å². The highest BCUT2D eigenvalue weighted by Crippen LogP contribution is 2.34. The first-order valence-corrected chi connectivity index (χ1v) is 10.6. The van der Waals surface area contributed by atoms with Crippen LogP contribution in [0, 0.1) is 5.92 Å². The van der Waals surface area contributed by atoms with E-state index in [0.29, 0.717) is 18.1 Å². The van der Waals surface area contributed by atoms with Gasteiger partial charge in [0.1, 0.15) is 0 Å². The summed E-state index contributed by atoms with van der Waals surface area (Å²) in [7, 11) is 0. The van der Waals surface area contributed by atoms with E-state index in [9.17, 15) is 9.90 Å². The number of nitrogens with zero attached hydrogens (tertiary/aromatic N) is 4. The standard InChI is InChI=1S/C23H29N5O2/c1-15(2)21-20(30)9-4-17-14-24-23(26-22(17)21)25-18-5-7-19(8-6-18)28-12-10-27(11-13-28)16(3)29/h5-8,14-15,30H,4,9-13H2,1-3H3,(H,24,25,26). The predicted molar refractivity (Wildman–Crippen MR) is 119 cm³/mol. The number of piperazine rings is 1. The number of hydrogen-bond donors (Lipinski definition) is 2. The summed E-state index contributed by atoms with van der Waals surface area (Å²) in [6.45, 7) is 8.98. The number of fused-ring (bicyclic) bond motifs is 1. The van der Waals surface area contributed by atoms with E-state index in [4.69, 9.17) is 4.98 Å². The van der Waals surface area contributed by atoms with Crippen LogP contribution in [-0.4, -0.2) is 52.1 Å². The largest absolute Gasteiger partial charge is 0.512 e. The first-order chi connectivity index (χ1) is 14.4. The van der Waals surface area contributed by atoms with Gasteiger partial charge in [0.25, 0.3) is 0 Å². The molecule has 7 nitrogen and oxygen atoms in total. The summed E-state index contributed by atoms with van der Waals surface area (Å²) < 4.78 is 0. The summed E-state index contributed by atoms with van der Waals surface area (Å²) in [6.07, 6.45) is 3.28. The van der Waals surface area contributed by atoms with Crippen molar-refractivity contribution in [2.75, 3.05) is 36.4 Å². The van der Waals surface area contributed by atoms with Crippen LogP contribution in [0.4, 0.5) is 17.3 Å². The van der Waals surface area contributed by atoms with E-state index < -0.39 is 0 Å². The molecule has 1 amide bonds. The number of carbonyl (C=O) groups excluding carboxylic acids is 1. The van der Waals surface area contributed by atoms with Crippen molar-refractivity contribution in [1.29, 1.82) is 0 Å². The van der Waals surface area contributed by atoms with Crippen molar-refractivity contribution >= 4 is 28.8 Å². The Balaban J connectivity index is 1.47. The lowest BCUT2D eigenvalue weighted by Crippen LogP contribution is -2.48. The van der Waals surface area contributed by atoms with Crippen LogP contribution in [0.3, 0.4) is 0 Å². The highest BCUT2D eigenvalue weighted by molar-refractivity contribution is 5.74. The lowest BCUT2D eigenvalue weighted by atomic mass is 9.88. The number of anilines is 3. The van der Waals surface area contributed by atoms with Gasteiger partial charge in [0.2, 0.25) is 11.9 Å². The molecular weight excluding hydrogens is 378 g/mol. The summed E-state index contributed by atoms with van der Waals surface area (Å²) >= 11 is 0. The van der Waals surface area contributed by atoms with Crippen molar-refractivity contribution in [2.45, 2.75) is 33.6 Å². The Labute approximate surface area is 177 Å². The van der Waals surface area contributed by atoms with Gasteiger partial charge in [-0.3, -0.25) is 4.79 Å². The number of aryl methyl sites for hydroxylation is 1. The number of carbonyl (C=O) groups is 1. The van der Waals surface area contributed by atoms with Crippen LogP contribution in [0.25, 0.3) is 5.57 Å². The smallest absolute Gasteiger partial charge is 0.227 e. The molecule has 1 aromatic carbocycles. The van der Waals surface area contributed by atoms with Crippen LogP contribution in [-0.2, 0) is 11.2 Å². The Morgan fingerprint density at radius 1 is 1.10 bits per heavy atom. The molecule has 1 saturated heterocycles. The zero-order valence-electron chi connectivity index (χ0n) is 17.9. The lowest BCUT2D eigenvalue weighted by Gasteiger charge is -2.35. The quantitative estimate of drug-likeness (QED) is 0.803. The molecule has 0 unspecified atom stereocenters. The van der Waals surface area contributed by atoms with Crippen LogP contribution in [0.1, 0.15) is 38.4 Å². The molecule has 2 heterocycles. The van der Waals surface area contributed by atoms with Gasteiger partial charge in [-0.2, -0.15) is 0 Å². The molecule has 0 atom stereocenters. The number of amides is 1. The van der Waals surface area contributed by atoms with Gasteiger partial charge in [-0.15, -0.1) is 0 Å². The lowest BCUT2D eigenvalue weighted by molar-refractivity contribution is -0.129. The van der Waals surface area contributed by atoms with E-state index in [1.807, 2.05) is 23.2 Å². The van der Waals surface area contributed by atoms with Gasteiger partial charge in [-0.1, -0.05) is 13.8 Å². The number of rotatable bonds is 4. The number of aliphatic hydroxyl groups excluding tert-OH is 1. The Kier molecular flexibility index (Phi) is 5.61. The molecule has 0 bridgehead atoms. The maximum Gasteiger partial charge on any atom is 0.227 e. The Bertz CT molecular complexity index is 960. The molecule has 0 saturated carbocycles. The molecule has 2 aromatic rings. The second-order valence-electron chi connectivity index (χ2n) is 8.25. The number of benzene rings is 1. The molecule has 30 heavy (non-hydrogen) atoms. The van der Waals surface area contributed by atoms with Crippen molar-refractivity contribution in [1.82, 2.24) is 14.9 Å². The molecule has 4 rings (SSSR count). The molecule has 1 aliphatic heterocycles. The van der Waals surface area contributed by atoms with Crippen LogP contribution < -0.4 is 10.2 Å². The zero-order chi connectivity index (χ0) is 21.3. The third kappa shape index (κ3) is 4.10. The second kappa shape index (κ2) is 8.34. The summed E-state index contributed by atoms with van der Waals surface area (Å²) in [6, 6.07) is 8.20. The van der Waals surface area contributed by atoms with Crippen LogP contribution in [0.5, 0.6) is 0 Å². The van der Waals surface area contributed by atoms with Gasteiger partial charge in [0.15, 0.2) is 0 Å². The van der Waals surface area contributed by atoms with Crippen molar-refractivity contribution in [3.63, 3.8) is 0 Å². The summed E-state index contributed by atoms with van der Waals surface area (Å²) in [5, 5.41) is 13.6. The van der Waals surface area contributed by atoms with Gasteiger partial charge < -0.3 is 20.2 Å². The highest BCUT2D eigenvalue weighted by atomic mass is 16.3. The third-order valence-electron chi connectivity index (χ3n) is 5.85. The van der Waals surface area contributed by atoms with E-state index in [1.165, 1.54) is 0 Å². The predicted octanol–water partition coefficient (Wildman–Crippen LogP) is 3.76. The van der Waals surface area contributed by atoms with Gasteiger partial charge in [-0.25, -0.2) is 9.97 Å². The monoisotopic (exact) mass is 407 g/mol. The van der Waals surface area contributed by atoms with Crippen LogP contribution in [0.15, 0.2) is 36.2 Å². The topological polar surface area (TPSA) is 81.6 Å². The van der Waals surface area contributed by atoms with Crippen LogP contribution >= 0.6 is 0 Å². The molecule has 158 valence electrons. The number of hydrogen-bond acceptors (Lipinski definition) is 6. The van der Waals surface area contributed by atoms with Crippen molar-refractivity contribution in [2.24, 2.45) is 5.92 Å². The SMILES string of the molecule is CC(=O)N1CCN(c2ccc(Nc3ncc4c(n3)C(C(C)C)=C(O)CC4)cc2)CC1. The van der Waals surface area contributed by atoms with Crippen molar-refractivity contribution in [3.05, 3.63) is 47.5 Å². The second-order valence-corrected chi connectivity index (χ2v) is 8.25. The minimum atomic E-state index is 0.142. The molecule has 1 aromatic heterocycles. The Hall–Kier alpha value is -3.09. The normalized spacial score (nSPS) is 16.7. The third-order valence-corrected chi connectivity index (χ3v) is 5.85. The molecule has 2 N–H and O–H groups in total. The maximum absolute atomic E-state index is 11.5. The van der Waals surface area contributed by atoms with Crippen molar-refractivity contribution in [3.8, 4) is 0 Å². The maximum atomic E-state index is 11.5. The van der Waals surface area contributed by atoms with Crippen molar-refractivity contribution < 1.29 is 9.90 Å². The average Bonchev–Trinajstić information content (AvgIpc) is 2.74. The average molecular weight is 408 g/mol. The molecule has 1 aliphatic carbocycles. The number of aliphatic hydroxyl groups is 1. The first-order valence-electron chi connectivity index (χ1n) is 10.6. The van der Waals surface area contributed by atoms with Gasteiger partial charge >= 0.3 is 0 Å². The Morgan fingerprint density at radius 2 is 1.80 bits per heavy atom. The zero-order valence-corrected chi connectivity index (χ0v) is 17.9. The summed E-state index contributed by atoms with van der Waals surface area (Å²) in [4.78, 5) is 24.9. The number of allylic oxidation sites excluding steroid dienone is 2. The fraction of sp³-hybridized carbons (Fsp3) is 0.435. The van der Waals surface area contributed by atoms with Gasteiger partial charge in [-0.05, 0) is 42.2 Å². The van der Waals surface area contributed by atoms with E-state index in [0.717, 1.165) is 60.8 Å². The molecule has 2 aliphatic rings. The molecule has 0 spiro atoms. The Morgan fingerprint density at radius 3 is 2.43 bits per heavy atom. The fourth-order valence-electron chi connectivity index (χ4n) is 4.18. The summed E-state index contributed by atoms with van der Waals surface area (Å²) in [5.41, 5.74) is 4.91. The molecule has 7 heteroatoms. The number of nitrogens with one attached hydrogen (secondary N) is 1. The minimum absolute atomic E-state index is 0.142. The van der Waals surface area contributed by atoms with E-state index in [2.05, 4.69) is 41.2 Å². The number of aromatic nitrogens is 2. The van der Waals surface area contributed by atoms with Gasteiger partial charge in [0.05, 0.1) is 11.5 Å². The van der Waals surface area contributed by atoms with E-state index >= 15 is 0 Å². The van der Waals surface area contributed by atoms with E-state index in [-0.39, 0.29) is 11.8 Å². The molecular formula is C23H29N5O2. The fourth-order valence-corrected chi connectivity index (χ4v) is 4.18. The molecule has 0 radical (unpaired) electrons.